The maximum Gasteiger partial charge on any atom is 0.245 e. The van der Waals surface area contributed by atoms with Crippen LogP contribution in [0, 0.1) is 0 Å². The number of methoxy groups -OCH3 is 2. The van der Waals surface area contributed by atoms with Crippen molar-refractivity contribution in [2.75, 3.05) is 49.4 Å². The minimum absolute atomic E-state index is 0.188. The van der Waals surface area contributed by atoms with Gasteiger partial charge in [0, 0.05) is 18.2 Å². The molecule has 11 heteroatoms. The second kappa shape index (κ2) is 9.52. The molecule has 0 bridgehead atoms. The predicted molar refractivity (Wildman–Crippen MR) is 117 cm³/mol. The van der Waals surface area contributed by atoms with E-state index in [9.17, 15) is 13.2 Å². The van der Waals surface area contributed by atoms with Gasteiger partial charge in [-0.15, -0.1) is 0 Å². The summed E-state index contributed by atoms with van der Waals surface area (Å²) >= 11 is 6.09. The fourth-order valence-corrected chi connectivity index (χ4v) is 4.26. The van der Waals surface area contributed by atoms with Gasteiger partial charge in [0.2, 0.25) is 15.9 Å². The number of nitrogens with zero attached hydrogens (tertiary/aromatic N) is 1. The number of fused-ring (bicyclic) bond motifs is 1. The number of carbonyl (C=O) groups is 1. The van der Waals surface area contributed by atoms with Crippen LogP contribution in [0.5, 0.6) is 23.0 Å². The highest BCUT2D eigenvalue weighted by molar-refractivity contribution is 7.92. The number of amides is 1. The lowest BCUT2D eigenvalue weighted by Gasteiger charge is -2.26. The highest BCUT2D eigenvalue weighted by Gasteiger charge is 2.26. The summed E-state index contributed by atoms with van der Waals surface area (Å²) in [6, 6.07) is 7.73. The smallest absolute Gasteiger partial charge is 0.245 e. The lowest BCUT2D eigenvalue weighted by Crippen LogP contribution is -2.39. The van der Waals surface area contributed by atoms with Crippen LogP contribution in [0.25, 0.3) is 0 Å². The molecule has 0 saturated heterocycles. The summed E-state index contributed by atoms with van der Waals surface area (Å²) in [7, 11) is -0.895. The van der Waals surface area contributed by atoms with Gasteiger partial charge < -0.3 is 24.3 Å². The Morgan fingerprint density at radius 1 is 1.10 bits per heavy atom. The highest BCUT2D eigenvalue weighted by Crippen LogP contribution is 2.37. The van der Waals surface area contributed by atoms with Crippen molar-refractivity contribution in [2.24, 2.45) is 0 Å². The number of hydrogen-bond acceptors (Lipinski definition) is 7. The average Bonchev–Trinajstić information content (AvgIpc) is 2.77. The number of anilines is 2. The summed E-state index contributed by atoms with van der Waals surface area (Å²) in [5.74, 6) is 0.823. The fraction of sp³-hybridized carbons (Fsp3) is 0.350. The minimum Gasteiger partial charge on any atom is -0.495 e. The number of carbonyl (C=O) groups excluding carboxylic acids is 1. The van der Waals surface area contributed by atoms with Gasteiger partial charge in [-0.3, -0.25) is 9.10 Å². The van der Waals surface area contributed by atoms with Crippen LogP contribution >= 0.6 is 11.6 Å². The third-order valence-corrected chi connectivity index (χ3v) is 6.59. The van der Waals surface area contributed by atoms with Gasteiger partial charge in [-0.1, -0.05) is 11.6 Å². The second-order valence-corrected chi connectivity index (χ2v) is 9.06. The number of benzene rings is 2. The molecule has 2 aromatic carbocycles. The van der Waals surface area contributed by atoms with E-state index >= 15 is 0 Å². The Bertz CT molecular complexity index is 1080. The van der Waals surface area contributed by atoms with Gasteiger partial charge in [0.15, 0.2) is 11.5 Å². The molecule has 1 aliphatic heterocycles. The van der Waals surface area contributed by atoms with Crippen molar-refractivity contribution in [2.45, 2.75) is 6.92 Å². The minimum atomic E-state index is -3.76. The summed E-state index contributed by atoms with van der Waals surface area (Å²) in [6.45, 7) is 1.82. The topological polar surface area (TPSA) is 103 Å². The Hall–Kier alpha value is -2.85. The normalized spacial score (nSPS) is 12.8. The van der Waals surface area contributed by atoms with Crippen LogP contribution in [-0.4, -0.2) is 54.1 Å². The molecule has 0 saturated carbocycles. The van der Waals surface area contributed by atoms with E-state index in [2.05, 4.69) is 5.32 Å². The number of rotatable bonds is 8. The zero-order chi connectivity index (χ0) is 22.6. The van der Waals surface area contributed by atoms with Gasteiger partial charge in [0.25, 0.3) is 0 Å². The first-order chi connectivity index (χ1) is 14.8. The van der Waals surface area contributed by atoms with E-state index in [1.54, 1.807) is 18.2 Å². The van der Waals surface area contributed by atoms with E-state index in [1.807, 2.05) is 0 Å². The van der Waals surface area contributed by atoms with Crippen molar-refractivity contribution < 1.29 is 32.2 Å². The lowest BCUT2D eigenvalue weighted by molar-refractivity contribution is -0.114. The molecule has 1 heterocycles. The molecule has 1 amide bonds. The Labute approximate surface area is 185 Å². The predicted octanol–water partition coefficient (Wildman–Crippen LogP) is 2.92. The molecule has 1 N–H and O–H groups in total. The Balaban J connectivity index is 1.88. The standard InChI is InChI=1S/C20H23ClN2O7S/c1-4-31(25,26)23(13-5-6-16-19(9-13)30-8-7-29-16)12-20(24)22-15-11-17(27-2)14(21)10-18(15)28-3/h5-6,9-11H,4,7-8,12H2,1-3H3,(H,22,24). The zero-order valence-electron chi connectivity index (χ0n) is 17.3. The molecule has 1 aliphatic rings. The third-order valence-electron chi connectivity index (χ3n) is 4.55. The van der Waals surface area contributed by atoms with E-state index in [0.29, 0.717) is 52.6 Å². The summed E-state index contributed by atoms with van der Waals surface area (Å²) in [5, 5.41) is 2.97. The van der Waals surface area contributed by atoms with Crippen LogP contribution in [0.2, 0.25) is 5.02 Å². The first-order valence-electron chi connectivity index (χ1n) is 9.40. The van der Waals surface area contributed by atoms with E-state index in [1.165, 1.54) is 33.3 Å². The molecule has 0 aromatic heterocycles. The molecular weight excluding hydrogens is 448 g/mol. The molecule has 31 heavy (non-hydrogen) atoms. The van der Waals surface area contributed by atoms with Crippen LogP contribution in [-0.2, 0) is 14.8 Å². The van der Waals surface area contributed by atoms with Crippen molar-refractivity contribution in [1.29, 1.82) is 0 Å². The first-order valence-corrected chi connectivity index (χ1v) is 11.4. The van der Waals surface area contributed by atoms with E-state index in [4.69, 9.17) is 30.5 Å². The molecular formula is C20H23ClN2O7S. The van der Waals surface area contributed by atoms with Crippen LogP contribution in [0.4, 0.5) is 11.4 Å². The molecule has 0 atom stereocenters. The number of halogens is 1. The molecule has 168 valence electrons. The molecule has 0 unspecified atom stereocenters. The van der Waals surface area contributed by atoms with Crippen LogP contribution in [0.15, 0.2) is 30.3 Å². The Morgan fingerprint density at radius 2 is 1.77 bits per heavy atom. The fourth-order valence-electron chi connectivity index (χ4n) is 2.97. The molecule has 0 radical (unpaired) electrons. The van der Waals surface area contributed by atoms with Gasteiger partial charge in [-0.05, 0) is 19.1 Å². The Morgan fingerprint density at radius 3 is 2.42 bits per heavy atom. The summed E-state index contributed by atoms with van der Waals surface area (Å²) < 4.78 is 47.9. The maximum atomic E-state index is 12.8. The highest BCUT2D eigenvalue weighted by atomic mass is 35.5. The van der Waals surface area contributed by atoms with Crippen LogP contribution in [0.1, 0.15) is 6.92 Å². The van der Waals surface area contributed by atoms with Crippen molar-refractivity contribution in [3.8, 4) is 23.0 Å². The molecule has 9 nitrogen and oxygen atoms in total. The van der Waals surface area contributed by atoms with Crippen molar-refractivity contribution in [3.05, 3.63) is 35.4 Å². The lowest BCUT2D eigenvalue weighted by atomic mass is 10.2. The molecule has 0 aliphatic carbocycles. The van der Waals surface area contributed by atoms with Crippen molar-refractivity contribution in [3.63, 3.8) is 0 Å². The number of sulfonamides is 1. The van der Waals surface area contributed by atoms with Gasteiger partial charge in [0.1, 0.15) is 31.3 Å². The summed E-state index contributed by atoms with van der Waals surface area (Å²) in [5.41, 5.74) is 0.590. The quantitative estimate of drug-likeness (QED) is 0.632. The zero-order valence-corrected chi connectivity index (χ0v) is 18.9. The van der Waals surface area contributed by atoms with Crippen molar-refractivity contribution in [1.82, 2.24) is 0 Å². The number of hydrogen-bond donors (Lipinski definition) is 1. The van der Waals surface area contributed by atoms with Crippen LogP contribution < -0.4 is 28.6 Å². The maximum absolute atomic E-state index is 12.8. The number of nitrogens with one attached hydrogen (secondary N) is 1. The molecule has 0 spiro atoms. The van der Waals surface area contributed by atoms with Gasteiger partial charge in [0.05, 0.1) is 36.4 Å². The van der Waals surface area contributed by atoms with E-state index < -0.39 is 22.5 Å². The van der Waals surface area contributed by atoms with E-state index in [0.717, 1.165) is 4.31 Å². The van der Waals surface area contributed by atoms with Crippen LogP contribution in [0.3, 0.4) is 0 Å². The third kappa shape index (κ3) is 5.08. The second-order valence-electron chi connectivity index (χ2n) is 6.47. The largest absolute Gasteiger partial charge is 0.495 e. The summed E-state index contributed by atoms with van der Waals surface area (Å²) in [4.78, 5) is 12.8. The summed E-state index contributed by atoms with van der Waals surface area (Å²) in [6.07, 6.45) is 0. The van der Waals surface area contributed by atoms with E-state index in [-0.39, 0.29) is 5.75 Å². The Kier molecular flexibility index (Phi) is 7.01. The van der Waals surface area contributed by atoms with Gasteiger partial charge in [-0.2, -0.15) is 0 Å². The monoisotopic (exact) mass is 470 g/mol. The van der Waals surface area contributed by atoms with Gasteiger partial charge >= 0.3 is 0 Å². The molecule has 0 fully saturated rings. The average molecular weight is 471 g/mol. The SMILES string of the molecule is CCS(=O)(=O)N(CC(=O)Nc1cc(OC)c(Cl)cc1OC)c1ccc2c(c1)OCCO2. The van der Waals surface area contributed by atoms with Gasteiger partial charge in [-0.25, -0.2) is 8.42 Å². The molecule has 3 rings (SSSR count). The molecule has 2 aromatic rings. The van der Waals surface area contributed by atoms with Crippen molar-refractivity contribution >= 4 is 38.9 Å². The number of ether oxygens (including phenoxy) is 4. The first kappa shape index (κ1) is 22.8.